The van der Waals surface area contributed by atoms with E-state index in [9.17, 15) is 19.8 Å². The van der Waals surface area contributed by atoms with E-state index in [1.807, 2.05) is 0 Å². The van der Waals surface area contributed by atoms with Crippen molar-refractivity contribution >= 4 is 36.6 Å². The van der Waals surface area contributed by atoms with Gasteiger partial charge in [-0.3, -0.25) is 19.6 Å². The van der Waals surface area contributed by atoms with Gasteiger partial charge in [0.2, 0.25) is 0 Å². The molecule has 0 radical (unpaired) electrons. The molecule has 0 aliphatic rings. The van der Waals surface area contributed by atoms with E-state index in [0.29, 0.717) is 24.2 Å². The van der Waals surface area contributed by atoms with Crippen molar-refractivity contribution in [2.75, 3.05) is 13.1 Å². The van der Waals surface area contributed by atoms with Crippen LogP contribution >= 0.6 is 24.8 Å². The number of aromatic hydroxyl groups is 2. The molecule has 6 N–H and O–H groups in total. The quantitative estimate of drug-likeness (QED) is 0.427. The van der Waals surface area contributed by atoms with Gasteiger partial charge < -0.3 is 26.3 Å². The van der Waals surface area contributed by atoms with Crippen molar-refractivity contribution in [3.63, 3.8) is 0 Å². The van der Waals surface area contributed by atoms with Crippen molar-refractivity contribution in [3.8, 4) is 11.5 Å². The predicted molar refractivity (Wildman–Crippen MR) is 113 cm³/mol. The van der Waals surface area contributed by atoms with Crippen LogP contribution in [0.4, 0.5) is 0 Å². The minimum absolute atomic E-state index is 0. The number of aromatic nitrogens is 2. The first-order chi connectivity index (χ1) is 12.6. The van der Waals surface area contributed by atoms with Gasteiger partial charge in [0.1, 0.15) is 11.5 Å². The molecule has 0 atom stereocenters. The zero-order valence-electron chi connectivity index (χ0n) is 15.6. The lowest BCUT2D eigenvalue weighted by Gasteiger charge is -2.06. The average Bonchev–Trinajstić information content (AvgIpc) is 2.63. The number of carbonyl (C=O) groups excluding carboxylic acids is 2. The molecule has 0 saturated heterocycles. The van der Waals surface area contributed by atoms with Crippen LogP contribution in [0.5, 0.6) is 11.5 Å². The Hall–Kier alpha value is -2.62. The van der Waals surface area contributed by atoms with Crippen LogP contribution in [0.15, 0.2) is 36.9 Å². The number of nitrogens with one attached hydrogen (secondary N) is 2. The second-order valence-corrected chi connectivity index (χ2v) is 5.79. The van der Waals surface area contributed by atoms with Crippen LogP contribution in [0.3, 0.4) is 0 Å². The Morgan fingerprint density at radius 2 is 1.10 bits per heavy atom. The lowest BCUT2D eigenvalue weighted by atomic mass is 10.2. The molecule has 2 aromatic rings. The molecule has 2 heterocycles. The minimum atomic E-state index is -0.264. The molecule has 2 rings (SSSR count). The van der Waals surface area contributed by atoms with Crippen LogP contribution in [0.25, 0.3) is 0 Å². The standard InChI is InChI=1S/C18H22N4O4.2ClH.H2O/c23-15-7-13(9-19-11-15)17(25)21-5-3-1-2-4-6-22-18(26)14-8-16(24)12-20-10-14;;;/h7-12,23-24H,1-6H2,(H,21,25)(H,22,26);2*1H;1H2. The fourth-order valence-corrected chi connectivity index (χ4v) is 2.32. The molecule has 0 bridgehead atoms. The van der Waals surface area contributed by atoms with Crippen molar-refractivity contribution in [1.29, 1.82) is 0 Å². The minimum Gasteiger partial charge on any atom is -0.506 e. The van der Waals surface area contributed by atoms with E-state index in [2.05, 4.69) is 20.6 Å². The molecule has 0 saturated carbocycles. The molecule has 0 fully saturated rings. The zero-order chi connectivity index (χ0) is 18.8. The molecule has 9 nitrogen and oxygen atoms in total. The number of amides is 2. The summed E-state index contributed by atoms with van der Waals surface area (Å²) in [6, 6.07) is 2.74. The van der Waals surface area contributed by atoms with Gasteiger partial charge in [-0.15, -0.1) is 24.8 Å². The second kappa shape index (κ2) is 15.3. The summed E-state index contributed by atoms with van der Waals surface area (Å²) in [5, 5.41) is 24.1. The molecule has 0 aliphatic carbocycles. The highest BCUT2D eigenvalue weighted by Gasteiger charge is 2.07. The molecule has 0 aromatic carbocycles. The lowest BCUT2D eigenvalue weighted by Crippen LogP contribution is -2.25. The fourth-order valence-electron chi connectivity index (χ4n) is 2.32. The van der Waals surface area contributed by atoms with Crippen LogP contribution < -0.4 is 10.6 Å². The third-order valence-electron chi connectivity index (χ3n) is 3.65. The van der Waals surface area contributed by atoms with Crippen molar-refractivity contribution in [1.82, 2.24) is 20.6 Å². The van der Waals surface area contributed by atoms with E-state index in [1.54, 1.807) is 0 Å². The van der Waals surface area contributed by atoms with E-state index < -0.39 is 0 Å². The first-order valence-electron chi connectivity index (χ1n) is 8.40. The molecule has 2 aromatic heterocycles. The number of nitrogens with zero attached hydrogens (tertiary/aromatic N) is 2. The lowest BCUT2D eigenvalue weighted by molar-refractivity contribution is 0.0942. The van der Waals surface area contributed by atoms with Gasteiger partial charge in [-0.05, 0) is 25.0 Å². The number of unbranched alkanes of at least 4 members (excludes halogenated alkanes) is 3. The van der Waals surface area contributed by atoms with E-state index >= 15 is 0 Å². The summed E-state index contributed by atoms with van der Waals surface area (Å²) < 4.78 is 0. The Labute approximate surface area is 181 Å². The molecule has 0 unspecified atom stereocenters. The van der Waals surface area contributed by atoms with Gasteiger partial charge in [0, 0.05) is 25.5 Å². The molecule has 0 aliphatic heterocycles. The van der Waals surface area contributed by atoms with Crippen molar-refractivity contribution in [2.45, 2.75) is 25.7 Å². The van der Waals surface area contributed by atoms with E-state index in [4.69, 9.17) is 0 Å². The Kier molecular flexibility index (Phi) is 15.1. The smallest absolute Gasteiger partial charge is 0.252 e. The summed E-state index contributed by atoms with van der Waals surface area (Å²) in [6.07, 6.45) is 8.83. The number of halogens is 2. The maximum atomic E-state index is 11.8. The number of rotatable bonds is 9. The summed E-state index contributed by atoms with van der Waals surface area (Å²) in [5.74, 6) is -0.608. The van der Waals surface area contributed by atoms with E-state index in [0.717, 1.165) is 25.7 Å². The third-order valence-corrected chi connectivity index (χ3v) is 3.65. The Morgan fingerprint density at radius 3 is 1.45 bits per heavy atom. The highest BCUT2D eigenvalue weighted by Crippen LogP contribution is 2.09. The van der Waals surface area contributed by atoms with Crippen LogP contribution in [0.1, 0.15) is 46.4 Å². The normalized spacial score (nSPS) is 9.24. The van der Waals surface area contributed by atoms with Crippen LogP contribution in [-0.2, 0) is 0 Å². The molecule has 29 heavy (non-hydrogen) atoms. The third kappa shape index (κ3) is 10.5. The van der Waals surface area contributed by atoms with Gasteiger partial charge in [-0.25, -0.2) is 0 Å². The first kappa shape index (κ1) is 28.6. The second-order valence-electron chi connectivity index (χ2n) is 5.79. The Bertz CT molecular complexity index is 701. The Balaban J connectivity index is 0. The largest absolute Gasteiger partial charge is 0.506 e. The zero-order valence-corrected chi connectivity index (χ0v) is 17.3. The molecule has 11 heteroatoms. The molecule has 2 amide bonds. The Morgan fingerprint density at radius 1 is 0.724 bits per heavy atom. The maximum absolute atomic E-state index is 11.8. The summed E-state index contributed by atoms with van der Waals surface area (Å²) in [4.78, 5) is 31.2. The number of hydrogen-bond donors (Lipinski definition) is 4. The summed E-state index contributed by atoms with van der Waals surface area (Å²) >= 11 is 0. The predicted octanol–water partition coefficient (Wildman–Crippen LogP) is 1.63. The van der Waals surface area contributed by atoms with Crippen LogP contribution in [0.2, 0.25) is 0 Å². The SMILES string of the molecule is Cl.Cl.O.O=C(NCCCCCCNC(=O)c1cncc(O)c1)c1cncc(O)c1. The summed E-state index contributed by atoms with van der Waals surface area (Å²) in [7, 11) is 0. The first-order valence-corrected chi connectivity index (χ1v) is 8.40. The average molecular weight is 449 g/mol. The highest BCUT2D eigenvalue weighted by molar-refractivity contribution is 5.94. The van der Waals surface area contributed by atoms with Gasteiger partial charge in [0.05, 0.1) is 23.5 Å². The fraction of sp³-hybridized carbons (Fsp3) is 0.333. The van der Waals surface area contributed by atoms with Crippen LogP contribution in [-0.4, -0.2) is 50.6 Å². The van der Waals surface area contributed by atoms with Gasteiger partial charge in [0.15, 0.2) is 0 Å². The van der Waals surface area contributed by atoms with Crippen molar-refractivity contribution in [2.24, 2.45) is 0 Å². The topological polar surface area (TPSA) is 156 Å². The monoisotopic (exact) mass is 448 g/mol. The van der Waals surface area contributed by atoms with E-state index in [-0.39, 0.29) is 53.6 Å². The highest BCUT2D eigenvalue weighted by atomic mass is 35.5. The molecular formula is C18H26Cl2N4O5. The van der Waals surface area contributed by atoms with Gasteiger partial charge in [-0.2, -0.15) is 0 Å². The van der Waals surface area contributed by atoms with Crippen molar-refractivity contribution < 1.29 is 25.3 Å². The van der Waals surface area contributed by atoms with E-state index in [1.165, 1.54) is 36.9 Å². The van der Waals surface area contributed by atoms with Gasteiger partial charge in [-0.1, -0.05) is 12.8 Å². The molecular weight excluding hydrogens is 423 g/mol. The molecule has 0 spiro atoms. The van der Waals surface area contributed by atoms with Crippen LogP contribution in [0, 0.1) is 0 Å². The molecule has 162 valence electrons. The maximum Gasteiger partial charge on any atom is 0.252 e. The number of pyridine rings is 2. The summed E-state index contributed by atoms with van der Waals surface area (Å²) in [5.41, 5.74) is 0.656. The number of carbonyl (C=O) groups is 2. The van der Waals surface area contributed by atoms with Gasteiger partial charge >= 0.3 is 0 Å². The van der Waals surface area contributed by atoms with Crippen molar-refractivity contribution in [3.05, 3.63) is 48.0 Å². The number of hydrogen-bond acceptors (Lipinski definition) is 6. The van der Waals surface area contributed by atoms with Gasteiger partial charge in [0.25, 0.3) is 11.8 Å². The summed E-state index contributed by atoms with van der Waals surface area (Å²) in [6.45, 7) is 1.08.